The first-order chi connectivity index (χ1) is 9.08. The maximum Gasteiger partial charge on any atom is 0.395 e. The van der Waals surface area contributed by atoms with Crippen LogP contribution in [0.4, 0.5) is 0 Å². The van der Waals surface area contributed by atoms with Crippen molar-refractivity contribution in [2.45, 2.75) is 13.0 Å². The van der Waals surface area contributed by atoms with E-state index in [-0.39, 0.29) is 23.4 Å². The summed E-state index contributed by atoms with van der Waals surface area (Å²) in [5.41, 5.74) is 11.3. The van der Waals surface area contributed by atoms with Crippen LogP contribution in [0.3, 0.4) is 0 Å². The molecule has 0 bridgehead atoms. The molecule has 0 aliphatic rings. The van der Waals surface area contributed by atoms with E-state index in [4.69, 9.17) is 16.2 Å². The maximum absolute atomic E-state index is 12.1. The number of hydrogen-bond acceptors (Lipinski definition) is 6. The zero-order chi connectivity index (χ0) is 14.0. The molecule has 0 radical (unpaired) electrons. The standard InChI is InChI=1S/C11H15N5O3/c1-2-19-7-3-4-9-10(5-7)15(17)11(8(13)6-12)14-16(9)18/h3-5,8H,2,6,12-13H2,1H3. The highest BCUT2D eigenvalue weighted by Crippen LogP contribution is 2.16. The van der Waals surface area contributed by atoms with Gasteiger partial charge in [-0.3, -0.25) is 0 Å². The fourth-order valence-electron chi connectivity index (χ4n) is 1.73. The third-order valence-electron chi connectivity index (χ3n) is 2.67. The molecule has 1 unspecified atom stereocenters. The minimum atomic E-state index is -0.794. The summed E-state index contributed by atoms with van der Waals surface area (Å²) in [6.45, 7) is 2.30. The van der Waals surface area contributed by atoms with Gasteiger partial charge in [0.2, 0.25) is 10.6 Å². The first-order valence-corrected chi connectivity index (χ1v) is 5.84. The second-order valence-electron chi connectivity index (χ2n) is 3.95. The van der Waals surface area contributed by atoms with Crippen molar-refractivity contribution in [1.29, 1.82) is 0 Å². The number of rotatable bonds is 4. The minimum absolute atomic E-state index is 0.0197. The normalized spacial score (nSPS) is 12.6. The third kappa shape index (κ3) is 2.35. The number of aromatic nitrogens is 3. The molecule has 1 heterocycles. The van der Waals surface area contributed by atoms with Gasteiger partial charge in [-0.05, 0) is 13.0 Å². The lowest BCUT2D eigenvalue weighted by atomic mass is 10.2. The molecule has 1 atom stereocenters. The van der Waals surface area contributed by atoms with Crippen LogP contribution in [-0.4, -0.2) is 18.3 Å². The zero-order valence-corrected chi connectivity index (χ0v) is 10.4. The third-order valence-corrected chi connectivity index (χ3v) is 2.67. The van der Waals surface area contributed by atoms with Gasteiger partial charge in [-0.1, -0.05) is 0 Å². The van der Waals surface area contributed by atoms with Gasteiger partial charge in [0.05, 0.1) is 11.5 Å². The van der Waals surface area contributed by atoms with Crippen molar-refractivity contribution < 1.29 is 14.3 Å². The largest absolute Gasteiger partial charge is 0.710 e. The number of ether oxygens (including phenoxy) is 1. The van der Waals surface area contributed by atoms with E-state index < -0.39 is 6.04 Å². The van der Waals surface area contributed by atoms with Crippen molar-refractivity contribution in [3.63, 3.8) is 0 Å². The topological polar surface area (TPSA) is 128 Å². The van der Waals surface area contributed by atoms with Crippen LogP contribution < -0.4 is 25.8 Å². The second kappa shape index (κ2) is 5.21. The Hall–Kier alpha value is -2.19. The number of nitrogens with two attached hydrogens (primary N) is 2. The van der Waals surface area contributed by atoms with Gasteiger partial charge in [0, 0.05) is 18.7 Å². The molecule has 2 rings (SSSR count). The molecule has 2 aromatic rings. The fourth-order valence-corrected chi connectivity index (χ4v) is 1.73. The summed E-state index contributed by atoms with van der Waals surface area (Å²) in [4.78, 5) is 0.365. The summed E-state index contributed by atoms with van der Waals surface area (Å²) in [5.74, 6) is 0.386. The molecule has 8 heteroatoms. The average molecular weight is 265 g/mol. The molecule has 0 aliphatic carbocycles. The summed E-state index contributed by atoms with van der Waals surface area (Å²) in [5, 5.41) is 27.5. The van der Waals surface area contributed by atoms with E-state index in [1.54, 1.807) is 6.07 Å². The molecule has 4 N–H and O–H groups in total. The molecule has 0 saturated carbocycles. The predicted octanol–water partition coefficient (Wildman–Crippen LogP) is -1.14. The molecule has 0 aliphatic heterocycles. The highest BCUT2D eigenvalue weighted by atomic mass is 16.5. The van der Waals surface area contributed by atoms with E-state index in [1.165, 1.54) is 12.1 Å². The highest BCUT2D eigenvalue weighted by molar-refractivity contribution is 5.69. The molecule has 1 aromatic heterocycles. The number of benzene rings is 1. The Labute approximate surface area is 109 Å². The molecule has 0 saturated heterocycles. The van der Waals surface area contributed by atoms with E-state index in [9.17, 15) is 10.4 Å². The average Bonchev–Trinajstić information content (AvgIpc) is 2.42. The Bertz CT molecular complexity index is 604. The van der Waals surface area contributed by atoms with Crippen LogP contribution in [-0.2, 0) is 0 Å². The summed E-state index contributed by atoms with van der Waals surface area (Å²) >= 11 is 0. The van der Waals surface area contributed by atoms with Crippen LogP contribution in [0.1, 0.15) is 18.8 Å². The fraction of sp³-hybridized carbons (Fsp3) is 0.364. The smallest absolute Gasteiger partial charge is 0.395 e. The van der Waals surface area contributed by atoms with Crippen molar-refractivity contribution in [3.05, 3.63) is 34.4 Å². The minimum Gasteiger partial charge on any atom is -0.710 e. The molecule has 1 aromatic carbocycles. The van der Waals surface area contributed by atoms with Gasteiger partial charge in [-0.2, -0.15) is 0 Å². The SMILES string of the molecule is CCOc1ccc2c(c1)[n+]([O-])c(C(N)CN)n[n+]2[O-]. The Kier molecular flexibility index (Phi) is 3.63. The van der Waals surface area contributed by atoms with Crippen molar-refractivity contribution in [3.8, 4) is 5.75 Å². The van der Waals surface area contributed by atoms with Crippen molar-refractivity contribution in [1.82, 2.24) is 5.10 Å². The molecule has 0 fully saturated rings. The predicted molar refractivity (Wildman–Crippen MR) is 66.8 cm³/mol. The monoisotopic (exact) mass is 265 g/mol. The van der Waals surface area contributed by atoms with Crippen LogP contribution in [0.2, 0.25) is 0 Å². The van der Waals surface area contributed by atoms with Crippen molar-refractivity contribution in [2.75, 3.05) is 13.2 Å². The number of fused-ring (bicyclic) bond motifs is 1. The lowest BCUT2D eigenvalue weighted by Crippen LogP contribution is -2.48. The van der Waals surface area contributed by atoms with Gasteiger partial charge in [-0.25, -0.2) is 4.73 Å². The molecule has 19 heavy (non-hydrogen) atoms. The summed E-state index contributed by atoms with van der Waals surface area (Å²) in [6.07, 6.45) is 0. The first kappa shape index (κ1) is 13.2. The molecule has 0 spiro atoms. The molecular weight excluding hydrogens is 250 g/mol. The van der Waals surface area contributed by atoms with Gasteiger partial charge < -0.3 is 26.6 Å². The van der Waals surface area contributed by atoms with Crippen LogP contribution in [0.5, 0.6) is 5.75 Å². The van der Waals surface area contributed by atoms with E-state index in [1.807, 2.05) is 6.92 Å². The first-order valence-electron chi connectivity index (χ1n) is 5.84. The van der Waals surface area contributed by atoms with E-state index >= 15 is 0 Å². The summed E-state index contributed by atoms with van der Waals surface area (Å²) in [6, 6.07) is 3.77. The van der Waals surface area contributed by atoms with Gasteiger partial charge in [0.1, 0.15) is 11.8 Å². The number of hydrogen-bond donors (Lipinski definition) is 2. The Morgan fingerprint density at radius 1 is 1.37 bits per heavy atom. The lowest BCUT2D eigenvalue weighted by Gasteiger charge is -2.11. The van der Waals surface area contributed by atoms with Crippen molar-refractivity contribution in [2.24, 2.45) is 11.5 Å². The lowest BCUT2D eigenvalue weighted by molar-refractivity contribution is -0.685. The summed E-state index contributed by atoms with van der Waals surface area (Å²) < 4.78 is 5.81. The van der Waals surface area contributed by atoms with E-state index in [0.29, 0.717) is 21.9 Å². The van der Waals surface area contributed by atoms with Crippen molar-refractivity contribution >= 4 is 11.0 Å². The van der Waals surface area contributed by atoms with Gasteiger partial charge >= 0.3 is 11.3 Å². The molecule has 102 valence electrons. The van der Waals surface area contributed by atoms with E-state index in [0.717, 1.165) is 0 Å². The molecular formula is C11H15N5O3. The van der Waals surface area contributed by atoms with Gasteiger partial charge in [-0.15, -0.1) is 0 Å². The zero-order valence-electron chi connectivity index (χ0n) is 10.4. The number of nitrogens with zero attached hydrogens (tertiary/aromatic N) is 3. The van der Waals surface area contributed by atoms with E-state index in [2.05, 4.69) is 5.10 Å². The van der Waals surface area contributed by atoms with Crippen LogP contribution in [0.25, 0.3) is 11.0 Å². The van der Waals surface area contributed by atoms with Gasteiger partial charge in [0.25, 0.3) is 0 Å². The second-order valence-corrected chi connectivity index (χ2v) is 3.95. The van der Waals surface area contributed by atoms with Crippen LogP contribution in [0, 0.1) is 10.4 Å². The maximum atomic E-state index is 12.1. The molecule has 0 amide bonds. The Morgan fingerprint density at radius 3 is 2.74 bits per heavy atom. The van der Waals surface area contributed by atoms with Crippen LogP contribution >= 0.6 is 0 Å². The van der Waals surface area contributed by atoms with Gasteiger partial charge in [0.15, 0.2) is 0 Å². The summed E-state index contributed by atoms with van der Waals surface area (Å²) in [7, 11) is 0. The molecule has 8 nitrogen and oxygen atoms in total. The Balaban J connectivity index is 2.66. The Morgan fingerprint density at radius 2 is 2.11 bits per heavy atom. The quantitative estimate of drug-likeness (QED) is 0.531. The van der Waals surface area contributed by atoms with Crippen LogP contribution in [0.15, 0.2) is 18.2 Å². The highest BCUT2D eigenvalue weighted by Gasteiger charge is 2.26.